The van der Waals surface area contributed by atoms with E-state index < -0.39 is 24.0 Å². The van der Waals surface area contributed by atoms with Crippen molar-refractivity contribution in [3.05, 3.63) is 78.9 Å². The van der Waals surface area contributed by atoms with E-state index in [2.05, 4.69) is 40.0 Å². The smallest absolute Gasteiger partial charge is 0.276 e. The van der Waals surface area contributed by atoms with E-state index >= 15 is 0 Å². The molecule has 1 aromatic carbocycles. The molecule has 0 bridgehead atoms. The van der Waals surface area contributed by atoms with Crippen LogP contribution < -0.4 is 9.62 Å². The molecule has 0 fully saturated rings. The highest BCUT2D eigenvalue weighted by atomic mass is 32.2. The van der Waals surface area contributed by atoms with Crippen LogP contribution in [0.3, 0.4) is 0 Å². The molecule has 1 N–H and O–H groups in total. The third-order valence-corrected chi connectivity index (χ3v) is 8.70. The summed E-state index contributed by atoms with van der Waals surface area (Å²) in [6, 6.07) is 15.6. The average Bonchev–Trinajstić information content (AvgIpc) is 3.29. The number of anilines is 2. The summed E-state index contributed by atoms with van der Waals surface area (Å²) in [4.78, 5) is 20.9. The van der Waals surface area contributed by atoms with Crippen LogP contribution in [-0.4, -0.2) is 55.3 Å². The van der Waals surface area contributed by atoms with Gasteiger partial charge in [-0.2, -0.15) is 5.10 Å². The van der Waals surface area contributed by atoms with E-state index in [1.54, 1.807) is 22.8 Å². The van der Waals surface area contributed by atoms with Crippen LogP contribution >= 0.6 is 0 Å². The summed E-state index contributed by atoms with van der Waals surface area (Å²) < 4.78 is 35.3. The van der Waals surface area contributed by atoms with Crippen LogP contribution in [0.1, 0.15) is 10.5 Å². The number of ether oxygens (including phenoxy) is 1. The first-order chi connectivity index (χ1) is 17.1. The second-order valence-electron chi connectivity index (χ2n) is 9.33. The molecule has 1 amide bonds. The molecule has 4 rings (SSSR count). The number of amides is 1. The summed E-state index contributed by atoms with van der Waals surface area (Å²) >= 11 is 0. The molecular formula is C24H28N6O4SSi. The highest BCUT2D eigenvalue weighted by Gasteiger charge is 2.27. The number of hydrogen-bond acceptors (Lipinski definition) is 7. The zero-order chi connectivity index (χ0) is 25.8. The predicted octanol–water partition coefficient (Wildman–Crippen LogP) is 3.88. The molecule has 0 radical (unpaired) electrons. The molecule has 0 unspecified atom stereocenters. The number of carbonyl (C=O) groups excluding carboxylic acids is 1. The molecule has 0 atom stereocenters. The number of hydrogen-bond donors (Lipinski definition) is 1. The molecule has 0 saturated heterocycles. The molecule has 0 aliphatic carbocycles. The predicted molar refractivity (Wildman–Crippen MR) is 140 cm³/mol. The Hall–Kier alpha value is -3.61. The zero-order valence-electron chi connectivity index (χ0n) is 20.3. The van der Waals surface area contributed by atoms with Crippen LogP contribution in [0, 0.1) is 0 Å². The van der Waals surface area contributed by atoms with Gasteiger partial charge >= 0.3 is 0 Å². The minimum absolute atomic E-state index is 0.0227. The van der Waals surface area contributed by atoms with Crippen molar-refractivity contribution in [1.29, 1.82) is 0 Å². The van der Waals surface area contributed by atoms with Gasteiger partial charge in [0.15, 0.2) is 5.69 Å². The van der Waals surface area contributed by atoms with Gasteiger partial charge in [-0.1, -0.05) is 25.7 Å². The van der Waals surface area contributed by atoms with Crippen LogP contribution in [-0.2, 0) is 14.8 Å². The first-order valence-corrected chi connectivity index (χ1v) is 16.5. The van der Waals surface area contributed by atoms with E-state index in [9.17, 15) is 13.2 Å². The Morgan fingerprint density at radius 2 is 1.78 bits per heavy atom. The van der Waals surface area contributed by atoms with E-state index in [0.717, 1.165) is 15.9 Å². The van der Waals surface area contributed by atoms with Crippen molar-refractivity contribution in [2.75, 3.05) is 23.0 Å². The normalized spacial score (nSPS) is 12.0. The summed E-state index contributed by atoms with van der Waals surface area (Å²) in [5, 5.41) is 7.00. The first-order valence-electron chi connectivity index (χ1n) is 11.4. The lowest BCUT2D eigenvalue weighted by atomic mass is 10.3. The monoisotopic (exact) mass is 524 g/mol. The van der Waals surface area contributed by atoms with Crippen molar-refractivity contribution >= 4 is 41.2 Å². The van der Waals surface area contributed by atoms with E-state index in [0.29, 0.717) is 12.3 Å². The van der Waals surface area contributed by atoms with Crippen molar-refractivity contribution in [2.45, 2.75) is 30.6 Å². The Balaban J connectivity index is 1.50. The van der Waals surface area contributed by atoms with Crippen LogP contribution in [0.5, 0.6) is 0 Å². The lowest BCUT2D eigenvalue weighted by Crippen LogP contribution is -2.35. The highest BCUT2D eigenvalue weighted by molar-refractivity contribution is 7.92. The molecular weight excluding hydrogens is 496 g/mol. The van der Waals surface area contributed by atoms with Crippen molar-refractivity contribution < 1.29 is 17.9 Å². The number of pyridine rings is 1. The number of nitrogens with one attached hydrogen (secondary N) is 1. The number of aromatic nitrogens is 4. The van der Waals surface area contributed by atoms with Crippen molar-refractivity contribution in [3.63, 3.8) is 0 Å². The number of carbonyl (C=O) groups is 1. The van der Waals surface area contributed by atoms with Gasteiger partial charge in [0.1, 0.15) is 6.73 Å². The van der Waals surface area contributed by atoms with E-state index in [4.69, 9.17) is 4.74 Å². The summed E-state index contributed by atoms with van der Waals surface area (Å²) in [7, 11) is -5.36. The zero-order valence-corrected chi connectivity index (χ0v) is 22.1. The number of nitrogens with zero attached hydrogens (tertiary/aromatic N) is 5. The summed E-state index contributed by atoms with van der Waals surface area (Å²) in [6.07, 6.45) is 4.71. The summed E-state index contributed by atoms with van der Waals surface area (Å²) in [5.41, 5.74) is 1.48. The topological polar surface area (TPSA) is 119 Å². The second-order valence-corrected chi connectivity index (χ2v) is 16.8. The van der Waals surface area contributed by atoms with Gasteiger partial charge in [-0.3, -0.25) is 4.79 Å². The number of sulfonamides is 1. The van der Waals surface area contributed by atoms with Gasteiger partial charge in [0.25, 0.3) is 15.9 Å². The van der Waals surface area contributed by atoms with Gasteiger partial charge in [0.05, 0.1) is 10.4 Å². The molecule has 4 aromatic rings. The molecule has 36 heavy (non-hydrogen) atoms. The molecule has 0 spiro atoms. The Kier molecular flexibility index (Phi) is 7.47. The third kappa shape index (κ3) is 6.14. The molecule has 3 aromatic heterocycles. The van der Waals surface area contributed by atoms with Crippen LogP contribution in [0.4, 0.5) is 11.6 Å². The minimum atomic E-state index is -4.02. The van der Waals surface area contributed by atoms with Gasteiger partial charge < -0.3 is 10.1 Å². The molecule has 10 nitrogen and oxygen atoms in total. The molecule has 188 valence electrons. The third-order valence-electron chi connectivity index (χ3n) is 5.28. The Morgan fingerprint density at radius 3 is 2.44 bits per heavy atom. The molecule has 0 aliphatic rings. The average molecular weight is 525 g/mol. The Bertz CT molecular complexity index is 1400. The second kappa shape index (κ2) is 10.6. The van der Waals surface area contributed by atoms with Crippen LogP contribution in [0.25, 0.3) is 5.52 Å². The van der Waals surface area contributed by atoms with Gasteiger partial charge in [-0.15, -0.1) is 0 Å². The minimum Gasteiger partial charge on any atom is -0.360 e. The fourth-order valence-electron chi connectivity index (χ4n) is 3.26. The fourth-order valence-corrected chi connectivity index (χ4v) is 5.28. The van der Waals surface area contributed by atoms with Gasteiger partial charge in [0.2, 0.25) is 5.95 Å². The molecule has 12 heteroatoms. The van der Waals surface area contributed by atoms with Crippen molar-refractivity contribution in [3.8, 4) is 0 Å². The van der Waals surface area contributed by atoms with E-state index in [1.807, 2.05) is 18.2 Å². The molecule has 3 heterocycles. The maximum Gasteiger partial charge on any atom is 0.276 e. The highest BCUT2D eigenvalue weighted by Crippen LogP contribution is 2.22. The SMILES string of the molecule is C[Si](C)(C)CCOCN(c1ncccn1)S(=O)(=O)c1ccc(NC(=O)c2cc3ccccn3n2)cc1. The lowest BCUT2D eigenvalue weighted by Gasteiger charge is -2.23. The Labute approximate surface area is 211 Å². The van der Waals surface area contributed by atoms with Crippen LogP contribution in [0.2, 0.25) is 25.7 Å². The largest absolute Gasteiger partial charge is 0.360 e. The first kappa shape index (κ1) is 25.5. The van der Waals surface area contributed by atoms with Crippen LogP contribution in [0.15, 0.2) is 78.1 Å². The molecule has 0 aliphatic heterocycles. The number of rotatable bonds is 10. The number of fused-ring (bicyclic) bond motifs is 1. The van der Waals surface area contributed by atoms with Gasteiger partial charge in [-0.05, 0) is 54.6 Å². The molecule has 0 saturated carbocycles. The summed E-state index contributed by atoms with van der Waals surface area (Å²) in [6.45, 7) is 6.91. The number of benzene rings is 1. The summed E-state index contributed by atoms with van der Waals surface area (Å²) in [5.74, 6) is -0.376. The van der Waals surface area contributed by atoms with Crippen molar-refractivity contribution in [2.24, 2.45) is 0 Å². The van der Waals surface area contributed by atoms with Gasteiger partial charge in [0, 0.05) is 39.0 Å². The fraction of sp³-hybridized carbons (Fsp3) is 0.250. The lowest BCUT2D eigenvalue weighted by molar-refractivity contribution is 0.102. The maximum absolute atomic E-state index is 13.5. The van der Waals surface area contributed by atoms with E-state index in [1.165, 1.54) is 36.7 Å². The van der Waals surface area contributed by atoms with Crippen molar-refractivity contribution in [1.82, 2.24) is 19.6 Å². The van der Waals surface area contributed by atoms with Gasteiger partial charge in [-0.25, -0.2) is 27.2 Å². The maximum atomic E-state index is 13.5. The standard InChI is InChI=1S/C24H28N6O4SSi/c1-36(2,3)16-15-34-18-30(24-25-12-6-13-26-24)35(32,33)21-10-8-19(9-11-21)27-23(31)22-17-20-7-4-5-14-29(20)28-22/h4-14,17H,15-16,18H2,1-3H3,(H,27,31). The van der Waals surface area contributed by atoms with E-state index in [-0.39, 0.29) is 23.3 Å². The quantitative estimate of drug-likeness (QED) is 0.190. The Morgan fingerprint density at radius 1 is 1.06 bits per heavy atom.